The van der Waals surface area contributed by atoms with E-state index in [-0.39, 0.29) is 17.6 Å². The molecule has 0 aliphatic heterocycles. The van der Waals surface area contributed by atoms with Crippen molar-refractivity contribution in [3.63, 3.8) is 0 Å². The molecule has 102 valence electrons. The summed E-state index contributed by atoms with van der Waals surface area (Å²) < 4.78 is 65.0. The molecule has 7 heteroatoms. The van der Waals surface area contributed by atoms with Crippen LogP contribution in [-0.4, -0.2) is 17.0 Å². The van der Waals surface area contributed by atoms with Gasteiger partial charge in [-0.25, -0.2) is 22.0 Å². The minimum Gasteiger partial charge on any atom is -0.396 e. The zero-order valence-corrected chi connectivity index (χ0v) is 10.3. The number of hydrogen-bond acceptors (Lipinski definition) is 2. The average Bonchev–Trinajstić information content (AvgIpc) is 2.34. The van der Waals surface area contributed by atoms with Crippen LogP contribution in [0.2, 0.25) is 0 Å². The Bertz CT molecular complexity index is 409. The van der Waals surface area contributed by atoms with Crippen LogP contribution in [0.15, 0.2) is 0 Å². The van der Waals surface area contributed by atoms with Crippen LogP contribution in [0.25, 0.3) is 0 Å². The van der Waals surface area contributed by atoms with Crippen LogP contribution < -0.4 is 0 Å². The summed E-state index contributed by atoms with van der Waals surface area (Å²) in [6, 6.07) is 0. The molecule has 0 saturated carbocycles. The van der Waals surface area contributed by atoms with Crippen molar-refractivity contribution in [2.24, 2.45) is 0 Å². The van der Waals surface area contributed by atoms with Crippen LogP contribution >= 0.6 is 11.8 Å². The Kier molecular flexibility index (Phi) is 5.40. The molecule has 0 amide bonds. The van der Waals surface area contributed by atoms with Gasteiger partial charge in [-0.15, -0.1) is 0 Å². The van der Waals surface area contributed by atoms with E-state index < -0.39 is 34.6 Å². The van der Waals surface area contributed by atoms with Crippen LogP contribution in [-0.2, 0) is 5.75 Å². The molecule has 1 aromatic rings. The van der Waals surface area contributed by atoms with E-state index in [1.165, 1.54) is 0 Å². The Morgan fingerprint density at radius 1 is 0.944 bits per heavy atom. The molecule has 1 atom stereocenters. The number of aliphatic hydroxyl groups is 1. The van der Waals surface area contributed by atoms with E-state index >= 15 is 0 Å². The maximum atomic E-state index is 13.3. The van der Waals surface area contributed by atoms with E-state index in [0.717, 1.165) is 11.8 Å². The first-order chi connectivity index (χ1) is 8.40. The fourth-order valence-corrected chi connectivity index (χ4v) is 2.24. The molecule has 0 aromatic heterocycles. The molecule has 0 saturated heterocycles. The third-order valence-electron chi connectivity index (χ3n) is 2.35. The second kappa shape index (κ2) is 6.38. The fraction of sp³-hybridized carbons (Fsp3) is 0.455. The molecule has 0 radical (unpaired) electrons. The molecule has 0 fully saturated rings. The summed E-state index contributed by atoms with van der Waals surface area (Å²) in [4.78, 5) is 0. The lowest BCUT2D eigenvalue weighted by Crippen LogP contribution is -2.08. The Morgan fingerprint density at radius 2 is 1.39 bits per heavy atom. The third kappa shape index (κ3) is 3.14. The van der Waals surface area contributed by atoms with Gasteiger partial charge < -0.3 is 5.11 Å². The maximum Gasteiger partial charge on any atom is 0.200 e. The third-order valence-corrected chi connectivity index (χ3v) is 3.61. The summed E-state index contributed by atoms with van der Waals surface area (Å²) in [5.41, 5.74) is -0.832. The number of benzene rings is 1. The van der Waals surface area contributed by atoms with Gasteiger partial charge in [0.25, 0.3) is 0 Å². The van der Waals surface area contributed by atoms with Crippen molar-refractivity contribution in [1.82, 2.24) is 0 Å². The standard InChI is InChI=1S/C11H11F5OS/c1-5(2-3-17)18-4-6-7(12)9(14)11(16)10(15)8(6)13/h5,17H,2-4H2,1H3. The van der Waals surface area contributed by atoms with Crippen molar-refractivity contribution < 1.29 is 27.1 Å². The maximum absolute atomic E-state index is 13.3. The molecule has 0 aliphatic rings. The van der Waals surface area contributed by atoms with Crippen LogP contribution in [0.1, 0.15) is 18.9 Å². The van der Waals surface area contributed by atoms with E-state index in [9.17, 15) is 22.0 Å². The van der Waals surface area contributed by atoms with Crippen LogP contribution in [0, 0.1) is 29.1 Å². The van der Waals surface area contributed by atoms with Crippen LogP contribution in [0.3, 0.4) is 0 Å². The summed E-state index contributed by atoms with van der Waals surface area (Å²) in [5.74, 6) is -9.95. The Labute approximate surface area is 105 Å². The molecule has 0 spiro atoms. The highest BCUT2D eigenvalue weighted by molar-refractivity contribution is 7.99. The highest BCUT2D eigenvalue weighted by Crippen LogP contribution is 2.28. The lowest BCUT2D eigenvalue weighted by molar-refractivity contribution is 0.289. The number of aliphatic hydroxyl groups excluding tert-OH is 1. The van der Waals surface area contributed by atoms with E-state index in [2.05, 4.69) is 0 Å². The van der Waals surface area contributed by atoms with Crippen LogP contribution in [0.4, 0.5) is 22.0 Å². The predicted octanol–water partition coefficient (Wildman–Crippen LogP) is 3.39. The highest BCUT2D eigenvalue weighted by atomic mass is 32.2. The minimum atomic E-state index is -2.15. The van der Waals surface area contributed by atoms with Crippen molar-refractivity contribution in [2.75, 3.05) is 6.61 Å². The van der Waals surface area contributed by atoms with Crippen molar-refractivity contribution >= 4 is 11.8 Å². The first-order valence-electron chi connectivity index (χ1n) is 5.12. The second-order valence-corrected chi connectivity index (χ2v) is 5.11. The van der Waals surface area contributed by atoms with Gasteiger partial charge in [0.1, 0.15) is 0 Å². The molecule has 18 heavy (non-hydrogen) atoms. The van der Waals surface area contributed by atoms with Crippen molar-refractivity contribution in [1.29, 1.82) is 0 Å². The highest BCUT2D eigenvalue weighted by Gasteiger charge is 2.25. The molecular formula is C11H11F5OS. The smallest absolute Gasteiger partial charge is 0.200 e. The van der Waals surface area contributed by atoms with Gasteiger partial charge in [-0.2, -0.15) is 11.8 Å². The minimum absolute atomic E-state index is 0.106. The molecule has 1 unspecified atom stereocenters. The van der Waals surface area contributed by atoms with Crippen molar-refractivity contribution in [2.45, 2.75) is 24.3 Å². The molecule has 1 N–H and O–H groups in total. The van der Waals surface area contributed by atoms with E-state index in [1.54, 1.807) is 6.92 Å². The summed E-state index contributed by atoms with van der Waals surface area (Å²) >= 11 is 1.01. The first-order valence-corrected chi connectivity index (χ1v) is 6.17. The largest absolute Gasteiger partial charge is 0.396 e. The van der Waals surface area contributed by atoms with E-state index in [1.807, 2.05) is 0 Å². The van der Waals surface area contributed by atoms with Gasteiger partial charge >= 0.3 is 0 Å². The molecule has 0 bridgehead atoms. The van der Waals surface area contributed by atoms with E-state index in [4.69, 9.17) is 5.11 Å². The Hall–Kier alpha value is -0.820. The zero-order valence-electron chi connectivity index (χ0n) is 9.44. The number of rotatable bonds is 5. The molecular weight excluding hydrogens is 275 g/mol. The normalized spacial score (nSPS) is 12.8. The van der Waals surface area contributed by atoms with Crippen molar-refractivity contribution in [3.8, 4) is 0 Å². The lowest BCUT2D eigenvalue weighted by Gasteiger charge is -2.11. The van der Waals surface area contributed by atoms with Gasteiger partial charge in [-0.05, 0) is 6.42 Å². The second-order valence-electron chi connectivity index (χ2n) is 3.68. The van der Waals surface area contributed by atoms with Crippen molar-refractivity contribution in [3.05, 3.63) is 34.6 Å². The van der Waals surface area contributed by atoms with Gasteiger partial charge in [0.05, 0.1) is 0 Å². The molecule has 0 heterocycles. The topological polar surface area (TPSA) is 20.2 Å². The summed E-state index contributed by atoms with van der Waals surface area (Å²) in [7, 11) is 0. The van der Waals surface area contributed by atoms with Gasteiger partial charge in [-0.3, -0.25) is 0 Å². The fourth-order valence-electron chi connectivity index (χ4n) is 1.27. The number of halogens is 5. The van der Waals surface area contributed by atoms with Gasteiger partial charge in [0.2, 0.25) is 5.82 Å². The molecule has 1 rings (SSSR count). The summed E-state index contributed by atoms with van der Waals surface area (Å²) in [6.07, 6.45) is 0.375. The summed E-state index contributed by atoms with van der Waals surface area (Å²) in [5, 5.41) is 8.49. The number of thioether (sulfide) groups is 1. The first kappa shape index (κ1) is 15.2. The quantitative estimate of drug-likeness (QED) is 0.508. The summed E-state index contributed by atoms with van der Waals surface area (Å²) in [6.45, 7) is 1.58. The Balaban J connectivity index is 2.96. The van der Waals surface area contributed by atoms with E-state index in [0.29, 0.717) is 6.42 Å². The number of hydrogen-bond donors (Lipinski definition) is 1. The van der Waals surface area contributed by atoms with Crippen LogP contribution in [0.5, 0.6) is 0 Å². The average molecular weight is 286 g/mol. The lowest BCUT2D eigenvalue weighted by atomic mass is 10.2. The predicted molar refractivity (Wildman–Crippen MR) is 58.7 cm³/mol. The van der Waals surface area contributed by atoms with Gasteiger partial charge in [-0.1, -0.05) is 6.92 Å². The Morgan fingerprint density at radius 3 is 1.83 bits per heavy atom. The molecule has 1 nitrogen and oxygen atoms in total. The zero-order chi connectivity index (χ0) is 13.9. The van der Waals surface area contributed by atoms with Gasteiger partial charge in [0, 0.05) is 23.2 Å². The monoisotopic (exact) mass is 286 g/mol. The van der Waals surface area contributed by atoms with Gasteiger partial charge in [0.15, 0.2) is 23.3 Å². The molecule has 1 aromatic carbocycles. The SMILES string of the molecule is CC(CCO)SCc1c(F)c(F)c(F)c(F)c1F. The molecule has 0 aliphatic carbocycles.